The molecule has 1 fully saturated rings. The Morgan fingerprint density at radius 3 is 2.44 bits per heavy atom. The Hall–Kier alpha value is -4.11. The van der Waals surface area contributed by atoms with Crippen molar-refractivity contribution in [2.45, 2.75) is 56.4 Å². The summed E-state index contributed by atoms with van der Waals surface area (Å²) >= 11 is 0. The van der Waals surface area contributed by atoms with Gasteiger partial charge in [0.15, 0.2) is 16.5 Å². The highest BCUT2D eigenvalue weighted by Crippen LogP contribution is 2.35. The number of pyridine rings is 1. The van der Waals surface area contributed by atoms with Crippen molar-refractivity contribution < 1.29 is 40.4 Å². The third kappa shape index (κ3) is 7.65. The molecule has 1 saturated heterocycles. The average molecular weight is 622 g/mol. The molecule has 0 radical (unpaired) electrons. The van der Waals surface area contributed by atoms with Crippen LogP contribution in [0.3, 0.4) is 0 Å². The summed E-state index contributed by atoms with van der Waals surface area (Å²) < 4.78 is 73.2. The zero-order chi connectivity index (χ0) is 31.4. The summed E-state index contributed by atoms with van der Waals surface area (Å²) in [5.74, 6) is -4.87. The highest BCUT2D eigenvalue weighted by molar-refractivity contribution is 7.89. The molecule has 43 heavy (non-hydrogen) atoms. The van der Waals surface area contributed by atoms with Crippen LogP contribution in [-0.4, -0.2) is 65.5 Å². The molecule has 2 atom stereocenters. The van der Waals surface area contributed by atoms with Gasteiger partial charge in [-0.1, -0.05) is 38.1 Å². The first-order valence-electron chi connectivity index (χ1n) is 13.5. The number of benzene rings is 1. The van der Waals surface area contributed by atoms with Crippen molar-refractivity contribution in [2.75, 3.05) is 13.1 Å². The van der Waals surface area contributed by atoms with Gasteiger partial charge in [-0.25, -0.2) is 18.4 Å². The van der Waals surface area contributed by atoms with Gasteiger partial charge in [0.2, 0.25) is 17.6 Å². The minimum Gasteiger partial charge on any atom is -0.431 e. The van der Waals surface area contributed by atoms with Crippen molar-refractivity contribution in [1.82, 2.24) is 24.9 Å². The number of hydrogen-bond donors (Lipinski definition) is 2. The maximum absolute atomic E-state index is 13.8. The number of carbonyl (C=O) groups excluding carboxylic acids is 3. The quantitative estimate of drug-likeness (QED) is 0.369. The molecule has 2 N–H and O–H groups in total. The number of hydrogen-bond acceptors (Lipinski definition) is 8. The van der Waals surface area contributed by atoms with Gasteiger partial charge in [0, 0.05) is 18.3 Å². The molecule has 2 aromatic heterocycles. The standard InChI is InChI=1S/C28H30F3N5O6S/c1-17(2)15-20(34-26(39)23-24(28(29,30)31)42-27(35-23)18-9-4-3-5-10-18)25(38)33-19-11-8-14-36(16-21(19)37)43(40,41)22-12-6-7-13-32-22/h3-7,9-10,12-13,17,19-20H,8,11,14-16H2,1-2H3,(H,33,38)(H,34,39)/t19-,20?/m0/s1. The van der Waals surface area contributed by atoms with Crippen LogP contribution in [0.4, 0.5) is 13.2 Å². The van der Waals surface area contributed by atoms with Crippen LogP contribution in [0.15, 0.2) is 64.2 Å². The van der Waals surface area contributed by atoms with E-state index in [4.69, 9.17) is 4.42 Å². The maximum Gasteiger partial charge on any atom is 0.452 e. The molecule has 1 aliphatic heterocycles. The van der Waals surface area contributed by atoms with Crippen LogP contribution in [-0.2, 0) is 25.8 Å². The van der Waals surface area contributed by atoms with Crippen LogP contribution in [0.2, 0.25) is 0 Å². The Kier molecular flexibility index (Phi) is 9.65. The molecule has 11 nitrogen and oxygen atoms in total. The third-order valence-electron chi connectivity index (χ3n) is 6.63. The van der Waals surface area contributed by atoms with Crippen LogP contribution in [0.1, 0.15) is 49.4 Å². The minimum atomic E-state index is -5.04. The van der Waals surface area contributed by atoms with Gasteiger partial charge in [-0.2, -0.15) is 17.5 Å². The predicted octanol–water partition coefficient (Wildman–Crippen LogP) is 3.44. The van der Waals surface area contributed by atoms with Crippen molar-refractivity contribution >= 4 is 27.6 Å². The molecular formula is C28H30F3N5O6S. The lowest BCUT2D eigenvalue weighted by molar-refractivity contribution is -0.153. The van der Waals surface area contributed by atoms with E-state index in [1.807, 2.05) is 0 Å². The van der Waals surface area contributed by atoms with E-state index >= 15 is 0 Å². The van der Waals surface area contributed by atoms with Crippen molar-refractivity contribution in [3.8, 4) is 11.5 Å². The Morgan fingerprint density at radius 2 is 1.81 bits per heavy atom. The lowest BCUT2D eigenvalue weighted by atomic mass is 10.0. The highest BCUT2D eigenvalue weighted by atomic mass is 32.2. The lowest BCUT2D eigenvalue weighted by Crippen LogP contribution is -2.53. The van der Waals surface area contributed by atoms with Crippen molar-refractivity contribution in [3.05, 3.63) is 66.2 Å². The first kappa shape index (κ1) is 31.8. The number of oxazole rings is 1. The fourth-order valence-corrected chi connectivity index (χ4v) is 5.93. The van der Waals surface area contributed by atoms with Gasteiger partial charge in [0.05, 0.1) is 12.6 Å². The average Bonchev–Trinajstić information content (AvgIpc) is 3.35. The number of aromatic nitrogens is 2. The topological polar surface area (TPSA) is 152 Å². The normalized spacial score (nSPS) is 17.3. The number of rotatable bonds is 9. The molecule has 0 spiro atoms. The largest absolute Gasteiger partial charge is 0.452 e. The monoisotopic (exact) mass is 621 g/mol. The molecule has 3 aromatic rings. The first-order chi connectivity index (χ1) is 20.3. The fraction of sp³-hybridized carbons (Fsp3) is 0.393. The van der Waals surface area contributed by atoms with E-state index in [0.29, 0.717) is 0 Å². The van der Waals surface area contributed by atoms with Crippen LogP contribution < -0.4 is 10.6 Å². The smallest absolute Gasteiger partial charge is 0.431 e. The number of ketones is 1. The number of carbonyl (C=O) groups is 3. The molecule has 1 unspecified atom stereocenters. The molecule has 0 saturated carbocycles. The van der Waals surface area contributed by atoms with Crippen LogP contribution in [0.25, 0.3) is 11.5 Å². The van der Waals surface area contributed by atoms with Crippen LogP contribution in [0.5, 0.6) is 0 Å². The zero-order valence-electron chi connectivity index (χ0n) is 23.3. The summed E-state index contributed by atoms with van der Waals surface area (Å²) in [6.07, 6.45) is -3.35. The summed E-state index contributed by atoms with van der Waals surface area (Å²) in [6, 6.07) is 9.69. The van der Waals surface area contributed by atoms with E-state index in [-0.39, 0.29) is 42.3 Å². The van der Waals surface area contributed by atoms with E-state index in [9.17, 15) is 36.0 Å². The molecule has 1 aliphatic rings. The van der Waals surface area contributed by atoms with Gasteiger partial charge in [-0.15, -0.1) is 0 Å². The molecular weight excluding hydrogens is 591 g/mol. The lowest BCUT2D eigenvalue weighted by Gasteiger charge is -2.23. The number of sulfonamides is 1. The highest BCUT2D eigenvalue weighted by Gasteiger charge is 2.43. The van der Waals surface area contributed by atoms with Gasteiger partial charge in [0.25, 0.3) is 15.9 Å². The van der Waals surface area contributed by atoms with E-state index in [1.165, 1.54) is 30.5 Å². The number of Topliss-reactive ketones (excluding diaryl/α,β-unsaturated/α-hetero) is 1. The first-order valence-corrected chi connectivity index (χ1v) is 14.9. The van der Waals surface area contributed by atoms with Crippen molar-refractivity contribution in [2.24, 2.45) is 5.92 Å². The van der Waals surface area contributed by atoms with Gasteiger partial charge in [0.1, 0.15) is 6.04 Å². The summed E-state index contributed by atoms with van der Waals surface area (Å²) in [7, 11) is -4.06. The Bertz CT molecular complexity index is 1560. The summed E-state index contributed by atoms with van der Waals surface area (Å²) in [5, 5.41) is 4.65. The molecule has 1 aromatic carbocycles. The van der Waals surface area contributed by atoms with E-state index < -0.39 is 69.8 Å². The number of alkyl halides is 3. The third-order valence-corrected chi connectivity index (χ3v) is 8.39. The molecule has 230 valence electrons. The Balaban J connectivity index is 1.51. The van der Waals surface area contributed by atoms with Crippen molar-refractivity contribution in [3.63, 3.8) is 0 Å². The second kappa shape index (κ2) is 13.0. The van der Waals surface area contributed by atoms with E-state index in [1.54, 1.807) is 38.1 Å². The zero-order valence-corrected chi connectivity index (χ0v) is 24.1. The molecule has 3 heterocycles. The van der Waals surface area contributed by atoms with Gasteiger partial charge >= 0.3 is 6.18 Å². The molecule has 2 amide bonds. The number of nitrogens with zero attached hydrogens (tertiary/aromatic N) is 3. The van der Waals surface area contributed by atoms with Gasteiger partial charge in [-0.05, 0) is 49.4 Å². The number of amides is 2. The van der Waals surface area contributed by atoms with Gasteiger partial charge < -0.3 is 15.1 Å². The number of nitrogens with one attached hydrogen (secondary N) is 2. The predicted molar refractivity (Wildman–Crippen MR) is 147 cm³/mol. The SMILES string of the molecule is CC(C)CC(NC(=O)c1nc(-c2ccccc2)oc1C(F)(F)F)C(=O)N[C@H]1CCCN(S(=O)(=O)c2ccccn2)CC1=O. The van der Waals surface area contributed by atoms with Crippen LogP contribution >= 0.6 is 0 Å². The molecule has 0 aliphatic carbocycles. The fourth-order valence-electron chi connectivity index (χ4n) is 4.56. The summed E-state index contributed by atoms with van der Waals surface area (Å²) in [5.41, 5.74) is -0.816. The summed E-state index contributed by atoms with van der Waals surface area (Å²) in [6.45, 7) is 2.99. The van der Waals surface area contributed by atoms with Crippen LogP contribution in [0, 0.1) is 5.92 Å². The van der Waals surface area contributed by atoms with Gasteiger partial charge in [-0.3, -0.25) is 14.4 Å². The Labute approximate surface area is 245 Å². The Morgan fingerprint density at radius 1 is 1.12 bits per heavy atom. The van der Waals surface area contributed by atoms with Crippen molar-refractivity contribution in [1.29, 1.82) is 0 Å². The second-order valence-corrected chi connectivity index (χ2v) is 12.3. The van der Waals surface area contributed by atoms with E-state index in [0.717, 1.165) is 4.31 Å². The minimum absolute atomic E-state index is 0.0132. The summed E-state index contributed by atoms with van der Waals surface area (Å²) in [4.78, 5) is 47.1. The maximum atomic E-state index is 13.8. The molecule has 15 heteroatoms. The molecule has 4 rings (SSSR count). The number of halogens is 3. The second-order valence-electron chi connectivity index (χ2n) is 10.4. The van der Waals surface area contributed by atoms with E-state index in [2.05, 4.69) is 20.6 Å². The molecule has 0 bridgehead atoms.